The molecular formula is C14H23NOS2. The van der Waals surface area contributed by atoms with E-state index >= 15 is 0 Å². The minimum Gasteiger partial charge on any atom is -0.367 e. The molecule has 1 atom stereocenters. The van der Waals surface area contributed by atoms with Crippen LogP contribution in [0.4, 0.5) is 0 Å². The van der Waals surface area contributed by atoms with Crippen LogP contribution in [-0.2, 0) is 4.74 Å². The van der Waals surface area contributed by atoms with Crippen molar-refractivity contribution in [2.45, 2.75) is 44.3 Å². The highest BCUT2D eigenvalue weighted by molar-refractivity contribution is 8.22. The third-order valence-electron chi connectivity index (χ3n) is 4.35. The topological polar surface area (TPSA) is 12.5 Å². The summed E-state index contributed by atoms with van der Waals surface area (Å²) in [5, 5.41) is 0. The zero-order valence-corrected chi connectivity index (χ0v) is 13.0. The van der Waals surface area contributed by atoms with Gasteiger partial charge in [-0.2, -0.15) is 0 Å². The fourth-order valence-electron chi connectivity index (χ4n) is 3.15. The van der Waals surface area contributed by atoms with Gasteiger partial charge in [-0.1, -0.05) is 0 Å². The number of ether oxygens (including phenoxy) is 1. The van der Waals surface area contributed by atoms with Crippen molar-refractivity contribution in [1.82, 2.24) is 4.90 Å². The fraction of sp³-hybridized carbons (Fsp3) is 0.857. The third kappa shape index (κ3) is 2.62. The van der Waals surface area contributed by atoms with Gasteiger partial charge in [0, 0.05) is 23.7 Å². The van der Waals surface area contributed by atoms with Crippen molar-refractivity contribution in [1.29, 1.82) is 0 Å². The van der Waals surface area contributed by atoms with Crippen molar-refractivity contribution in [2.75, 3.05) is 31.6 Å². The van der Waals surface area contributed by atoms with Crippen LogP contribution in [0, 0.1) is 0 Å². The van der Waals surface area contributed by atoms with Gasteiger partial charge >= 0.3 is 0 Å². The molecule has 3 rings (SSSR count). The zero-order valence-electron chi connectivity index (χ0n) is 11.4. The normalized spacial score (nSPS) is 33.3. The number of nitrogens with zero attached hydrogens (tertiary/aromatic N) is 1. The second kappa shape index (κ2) is 5.39. The van der Waals surface area contributed by atoms with Crippen LogP contribution in [0.25, 0.3) is 0 Å². The Balaban J connectivity index is 1.75. The van der Waals surface area contributed by atoms with E-state index in [-0.39, 0.29) is 5.60 Å². The Kier molecular flexibility index (Phi) is 4.00. The molecule has 2 nitrogen and oxygen atoms in total. The molecule has 102 valence electrons. The molecule has 3 heterocycles. The van der Waals surface area contributed by atoms with E-state index in [9.17, 15) is 0 Å². The summed E-state index contributed by atoms with van der Waals surface area (Å²) in [5.74, 6) is 2.60. The van der Waals surface area contributed by atoms with Gasteiger partial charge in [0.1, 0.15) is 0 Å². The van der Waals surface area contributed by atoms with Crippen molar-refractivity contribution in [3.05, 3.63) is 9.81 Å². The number of piperidine rings is 1. The van der Waals surface area contributed by atoms with Crippen LogP contribution in [0.1, 0.15) is 32.6 Å². The molecule has 0 aromatic carbocycles. The van der Waals surface area contributed by atoms with E-state index < -0.39 is 0 Å². The van der Waals surface area contributed by atoms with Crippen molar-refractivity contribution < 1.29 is 4.74 Å². The Morgan fingerprint density at radius 3 is 2.56 bits per heavy atom. The number of likely N-dealkylation sites (tertiary alicyclic amines) is 1. The van der Waals surface area contributed by atoms with E-state index in [4.69, 9.17) is 4.74 Å². The van der Waals surface area contributed by atoms with E-state index in [1.165, 1.54) is 50.3 Å². The second-order valence-corrected chi connectivity index (χ2v) is 8.26. The lowest BCUT2D eigenvalue weighted by Crippen LogP contribution is -2.42. The minimum absolute atomic E-state index is 0.173. The van der Waals surface area contributed by atoms with Crippen LogP contribution < -0.4 is 0 Å². The van der Waals surface area contributed by atoms with Crippen LogP contribution in [0.5, 0.6) is 0 Å². The molecule has 18 heavy (non-hydrogen) atoms. The summed E-state index contributed by atoms with van der Waals surface area (Å²) < 4.78 is 7.98. The van der Waals surface area contributed by atoms with Crippen molar-refractivity contribution >= 4 is 23.5 Å². The lowest BCUT2D eigenvalue weighted by molar-refractivity contribution is -0.0667. The zero-order chi connectivity index (χ0) is 12.6. The van der Waals surface area contributed by atoms with Crippen molar-refractivity contribution in [3.8, 4) is 0 Å². The van der Waals surface area contributed by atoms with E-state index in [0.717, 1.165) is 0 Å². The van der Waals surface area contributed by atoms with E-state index in [2.05, 4.69) is 42.4 Å². The molecule has 0 N–H and O–H groups in total. The first kappa shape index (κ1) is 13.3. The molecule has 3 fully saturated rings. The molecule has 4 heteroatoms. The first-order valence-electron chi connectivity index (χ1n) is 7.04. The molecule has 3 saturated heterocycles. The van der Waals surface area contributed by atoms with Crippen LogP contribution >= 0.6 is 23.5 Å². The number of rotatable bonds is 0. The highest BCUT2D eigenvalue weighted by Crippen LogP contribution is 2.48. The number of thioether (sulfide) groups is 2. The standard InChI is InChI=1S/C14H23NOS2/c1-11-12(13-17-8-3-9-18-13)10-14(16-11)4-6-15(2)7-5-14/h11H,3-10H2,1-2H3. The van der Waals surface area contributed by atoms with Crippen LogP contribution in [0.3, 0.4) is 0 Å². The van der Waals surface area contributed by atoms with E-state index in [1.807, 2.05) is 0 Å². The highest BCUT2D eigenvalue weighted by Gasteiger charge is 2.44. The van der Waals surface area contributed by atoms with Gasteiger partial charge in [-0.25, -0.2) is 0 Å². The van der Waals surface area contributed by atoms with Crippen LogP contribution in [0.2, 0.25) is 0 Å². The third-order valence-corrected chi connectivity index (χ3v) is 7.09. The maximum atomic E-state index is 6.39. The van der Waals surface area contributed by atoms with Crippen molar-refractivity contribution in [2.24, 2.45) is 0 Å². The quantitative estimate of drug-likeness (QED) is 0.676. The maximum absolute atomic E-state index is 6.39. The number of hydrogen-bond donors (Lipinski definition) is 0. The molecule has 1 unspecified atom stereocenters. The summed E-state index contributed by atoms with van der Waals surface area (Å²) in [6.07, 6.45) is 5.32. The molecule has 0 bridgehead atoms. The smallest absolute Gasteiger partial charge is 0.0784 e. The summed E-state index contributed by atoms with van der Waals surface area (Å²) in [6, 6.07) is 0. The average Bonchev–Trinajstić information content (AvgIpc) is 2.72. The Morgan fingerprint density at radius 1 is 1.22 bits per heavy atom. The SMILES string of the molecule is CC1OC2(CCN(C)CC2)CC1=C1SCCCS1. The maximum Gasteiger partial charge on any atom is 0.0784 e. The van der Waals surface area contributed by atoms with Gasteiger partial charge in [-0.05, 0) is 50.3 Å². The van der Waals surface area contributed by atoms with E-state index in [0.29, 0.717) is 6.10 Å². The lowest BCUT2D eigenvalue weighted by atomic mass is 9.87. The van der Waals surface area contributed by atoms with Gasteiger partial charge in [0.2, 0.25) is 0 Å². The molecule has 1 spiro atoms. The predicted molar refractivity (Wildman–Crippen MR) is 81.2 cm³/mol. The monoisotopic (exact) mass is 285 g/mol. The van der Waals surface area contributed by atoms with Gasteiger partial charge in [0.25, 0.3) is 0 Å². The van der Waals surface area contributed by atoms with Crippen LogP contribution in [0.15, 0.2) is 9.81 Å². The van der Waals surface area contributed by atoms with Crippen LogP contribution in [-0.4, -0.2) is 48.2 Å². The Morgan fingerprint density at radius 2 is 1.89 bits per heavy atom. The Bertz CT molecular complexity index is 340. The lowest BCUT2D eigenvalue weighted by Gasteiger charge is -2.37. The molecule has 0 saturated carbocycles. The summed E-state index contributed by atoms with van der Waals surface area (Å²) in [6.45, 7) is 4.64. The summed E-state index contributed by atoms with van der Waals surface area (Å²) in [5.41, 5.74) is 1.78. The largest absolute Gasteiger partial charge is 0.367 e. The van der Waals surface area contributed by atoms with Gasteiger partial charge < -0.3 is 9.64 Å². The molecule has 0 aromatic rings. The van der Waals surface area contributed by atoms with Gasteiger partial charge in [0.05, 0.1) is 11.7 Å². The molecule has 3 aliphatic heterocycles. The first-order valence-corrected chi connectivity index (χ1v) is 9.01. The van der Waals surface area contributed by atoms with Gasteiger partial charge in [0.15, 0.2) is 0 Å². The average molecular weight is 285 g/mol. The van der Waals surface area contributed by atoms with Gasteiger partial charge in [-0.15, -0.1) is 23.5 Å². The fourth-order valence-corrected chi connectivity index (χ4v) is 5.96. The van der Waals surface area contributed by atoms with E-state index in [1.54, 1.807) is 9.81 Å². The first-order chi connectivity index (χ1) is 8.69. The number of hydrogen-bond acceptors (Lipinski definition) is 4. The summed E-state index contributed by atoms with van der Waals surface area (Å²) >= 11 is 4.13. The van der Waals surface area contributed by atoms with Gasteiger partial charge in [-0.3, -0.25) is 0 Å². The molecule has 0 radical (unpaired) electrons. The Labute approximate surface area is 119 Å². The second-order valence-electron chi connectivity index (χ2n) is 5.79. The molecule has 0 aromatic heterocycles. The molecule has 3 aliphatic rings. The molecule has 0 amide bonds. The predicted octanol–water partition coefficient (Wildman–Crippen LogP) is 3.34. The molecule has 0 aliphatic carbocycles. The summed E-state index contributed by atoms with van der Waals surface area (Å²) in [4.78, 5) is 2.43. The minimum atomic E-state index is 0.173. The Hall–Kier alpha value is 0.360. The van der Waals surface area contributed by atoms with Crippen molar-refractivity contribution in [3.63, 3.8) is 0 Å². The summed E-state index contributed by atoms with van der Waals surface area (Å²) in [7, 11) is 2.22. The highest BCUT2D eigenvalue weighted by atomic mass is 32.2. The molecular weight excluding hydrogens is 262 g/mol.